The van der Waals surface area contributed by atoms with Crippen LogP contribution in [0.25, 0.3) is 0 Å². The Bertz CT molecular complexity index is 386. The maximum Gasteiger partial charge on any atom is 0.257 e. The van der Waals surface area contributed by atoms with Gasteiger partial charge in [-0.2, -0.15) is 5.10 Å². The number of hydrogen-bond donors (Lipinski definition) is 3. The van der Waals surface area contributed by atoms with Gasteiger partial charge in [0.15, 0.2) is 5.03 Å². The van der Waals surface area contributed by atoms with Crippen molar-refractivity contribution in [3.8, 4) is 0 Å². The Labute approximate surface area is 95.9 Å². The van der Waals surface area contributed by atoms with Crippen molar-refractivity contribution in [2.75, 3.05) is 13.1 Å². The molecule has 0 saturated heterocycles. The van der Waals surface area contributed by atoms with Crippen molar-refractivity contribution in [2.24, 2.45) is 0 Å². The van der Waals surface area contributed by atoms with Gasteiger partial charge >= 0.3 is 0 Å². The van der Waals surface area contributed by atoms with Gasteiger partial charge in [-0.15, -0.1) is 0 Å². The molecule has 0 saturated carbocycles. The second-order valence-electron chi connectivity index (χ2n) is 3.78. The van der Waals surface area contributed by atoms with E-state index in [-0.39, 0.29) is 5.03 Å². The van der Waals surface area contributed by atoms with Crippen molar-refractivity contribution >= 4 is 10.0 Å². The van der Waals surface area contributed by atoms with Crippen LogP contribution in [0.5, 0.6) is 0 Å². The molecule has 0 aromatic carbocycles. The van der Waals surface area contributed by atoms with Gasteiger partial charge in [-0.3, -0.25) is 5.10 Å². The lowest BCUT2D eigenvalue weighted by molar-refractivity contribution is 0.552. The molecule has 0 radical (unpaired) electrons. The molecule has 92 valence electrons. The number of aromatic nitrogens is 2. The third-order valence-electron chi connectivity index (χ3n) is 1.96. The average molecular weight is 246 g/mol. The highest BCUT2D eigenvalue weighted by Gasteiger charge is 2.13. The molecule has 0 aliphatic carbocycles. The molecule has 0 amide bonds. The zero-order valence-electron chi connectivity index (χ0n) is 9.53. The first kappa shape index (κ1) is 13.1. The van der Waals surface area contributed by atoms with E-state index in [0.29, 0.717) is 12.6 Å². The Kier molecular flexibility index (Phi) is 4.91. The Morgan fingerprint density at radius 3 is 2.75 bits per heavy atom. The number of rotatable bonds is 7. The standard InChI is InChI=1S/C9H18N4O2S/c1-8(2)10-5-3-6-12-16(14,15)9-4-7-11-13-9/h4,7-8,10,12H,3,5-6H2,1-2H3,(H,11,13). The smallest absolute Gasteiger partial charge is 0.257 e. The molecule has 16 heavy (non-hydrogen) atoms. The molecule has 0 aliphatic rings. The molecule has 0 aliphatic heterocycles. The third-order valence-corrected chi connectivity index (χ3v) is 3.35. The molecular formula is C9H18N4O2S. The van der Waals surface area contributed by atoms with E-state index in [1.807, 2.05) is 0 Å². The summed E-state index contributed by atoms with van der Waals surface area (Å²) in [4.78, 5) is 0. The minimum absolute atomic E-state index is 0.101. The third kappa shape index (κ3) is 4.30. The van der Waals surface area contributed by atoms with E-state index in [1.165, 1.54) is 12.3 Å². The highest BCUT2D eigenvalue weighted by Crippen LogP contribution is 2.01. The summed E-state index contributed by atoms with van der Waals surface area (Å²) >= 11 is 0. The maximum atomic E-state index is 11.6. The maximum absolute atomic E-state index is 11.6. The second kappa shape index (κ2) is 5.97. The van der Waals surface area contributed by atoms with Gasteiger partial charge in [0, 0.05) is 12.6 Å². The summed E-state index contributed by atoms with van der Waals surface area (Å²) < 4.78 is 25.7. The van der Waals surface area contributed by atoms with Gasteiger partial charge in [-0.25, -0.2) is 13.1 Å². The summed E-state index contributed by atoms with van der Waals surface area (Å²) in [6.07, 6.45) is 2.17. The lowest BCUT2D eigenvalue weighted by Gasteiger charge is -2.08. The lowest BCUT2D eigenvalue weighted by Crippen LogP contribution is -2.29. The van der Waals surface area contributed by atoms with Gasteiger partial charge in [-0.05, 0) is 19.0 Å². The predicted molar refractivity (Wildman–Crippen MR) is 61.5 cm³/mol. The summed E-state index contributed by atoms with van der Waals surface area (Å²) in [5.41, 5.74) is 0. The van der Waals surface area contributed by atoms with Gasteiger partial charge in [-0.1, -0.05) is 13.8 Å². The van der Waals surface area contributed by atoms with Crippen LogP contribution in [0.4, 0.5) is 0 Å². The van der Waals surface area contributed by atoms with Crippen molar-refractivity contribution in [2.45, 2.75) is 31.3 Å². The first-order chi connectivity index (χ1) is 7.52. The quantitative estimate of drug-likeness (QED) is 0.594. The van der Waals surface area contributed by atoms with Crippen LogP contribution in [0.3, 0.4) is 0 Å². The number of aromatic amines is 1. The topological polar surface area (TPSA) is 86.9 Å². The number of nitrogens with zero attached hydrogens (tertiary/aromatic N) is 1. The largest absolute Gasteiger partial charge is 0.314 e. The molecule has 1 heterocycles. The minimum Gasteiger partial charge on any atom is -0.314 e. The normalized spacial score (nSPS) is 12.2. The van der Waals surface area contributed by atoms with Crippen LogP contribution < -0.4 is 10.0 Å². The zero-order chi connectivity index (χ0) is 12.0. The van der Waals surface area contributed by atoms with Crippen LogP contribution in [0.15, 0.2) is 17.3 Å². The molecule has 0 fully saturated rings. The minimum atomic E-state index is -3.41. The molecule has 1 aromatic heterocycles. The monoisotopic (exact) mass is 246 g/mol. The second-order valence-corrected chi connectivity index (χ2v) is 5.52. The van der Waals surface area contributed by atoms with Crippen molar-refractivity contribution < 1.29 is 8.42 Å². The van der Waals surface area contributed by atoms with Crippen LogP contribution in [-0.4, -0.2) is 37.7 Å². The fourth-order valence-electron chi connectivity index (χ4n) is 1.16. The lowest BCUT2D eigenvalue weighted by atomic mass is 10.3. The average Bonchev–Trinajstić information content (AvgIpc) is 2.69. The molecule has 0 unspecified atom stereocenters. The summed E-state index contributed by atoms with van der Waals surface area (Å²) in [5, 5.41) is 9.33. The fourth-order valence-corrected chi connectivity index (χ4v) is 2.14. The summed E-state index contributed by atoms with van der Waals surface area (Å²) in [6.45, 7) is 5.31. The summed E-state index contributed by atoms with van der Waals surface area (Å²) in [5.74, 6) is 0. The van der Waals surface area contributed by atoms with Gasteiger partial charge in [0.25, 0.3) is 10.0 Å². The molecule has 6 nitrogen and oxygen atoms in total. The first-order valence-electron chi connectivity index (χ1n) is 5.25. The van der Waals surface area contributed by atoms with Gasteiger partial charge in [0.05, 0.1) is 6.20 Å². The number of nitrogens with one attached hydrogen (secondary N) is 3. The SMILES string of the molecule is CC(C)NCCCNS(=O)(=O)c1ccn[nH]1. The van der Waals surface area contributed by atoms with E-state index in [0.717, 1.165) is 13.0 Å². The van der Waals surface area contributed by atoms with Gasteiger partial charge in [0.2, 0.25) is 0 Å². The van der Waals surface area contributed by atoms with Crippen LogP contribution in [0.1, 0.15) is 20.3 Å². The molecule has 7 heteroatoms. The van der Waals surface area contributed by atoms with E-state index in [9.17, 15) is 8.42 Å². The van der Waals surface area contributed by atoms with Crippen molar-refractivity contribution in [1.29, 1.82) is 0 Å². The molecule has 0 atom stereocenters. The number of hydrogen-bond acceptors (Lipinski definition) is 4. The van der Waals surface area contributed by atoms with Crippen LogP contribution in [-0.2, 0) is 10.0 Å². The van der Waals surface area contributed by atoms with Crippen molar-refractivity contribution in [3.63, 3.8) is 0 Å². The molecule has 0 bridgehead atoms. The number of H-pyrrole nitrogens is 1. The highest BCUT2D eigenvalue weighted by atomic mass is 32.2. The van der Waals surface area contributed by atoms with Crippen LogP contribution in [0, 0.1) is 0 Å². The Hall–Kier alpha value is -0.920. The van der Waals surface area contributed by atoms with Gasteiger partial charge < -0.3 is 5.32 Å². The first-order valence-corrected chi connectivity index (χ1v) is 6.73. The van der Waals surface area contributed by atoms with Crippen molar-refractivity contribution in [1.82, 2.24) is 20.2 Å². The Morgan fingerprint density at radius 1 is 1.44 bits per heavy atom. The summed E-state index contributed by atoms with van der Waals surface area (Å²) in [7, 11) is -3.41. The van der Waals surface area contributed by atoms with Crippen LogP contribution >= 0.6 is 0 Å². The van der Waals surface area contributed by atoms with E-state index in [1.54, 1.807) is 0 Å². The molecular weight excluding hydrogens is 228 g/mol. The predicted octanol–water partition coefficient (Wildman–Crippen LogP) is 0.0761. The molecule has 0 spiro atoms. The van der Waals surface area contributed by atoms with Gasteiger partial charge in [0.1, 0.15) is 0 Å². The molecule has 1 aromatic rings. The Balaban J connectivity index is 2.28. The van der Waals surface area contributed by atoms with E-state index >= 15 is 0 Å². The van der Waals surface area contributed by atoms with Crippen LogP contribution in [0.2, 0.25) is 0 Å². The zero-order valence-corrected chi connectivity index (χ0v) is 10.3. The Morgan fingerprint density at radius 2 is 2.19 bits per heavy atom. The highest BCUT2D eigenvalue weighted by molar-refractivity contribution is 7.89. The fraction of sp³-hybridized carbons (Fsp3) is 0.667. The summed E-state index contributed by atoms with van der Waals surface area (Å²) in [6, 6.07) is 1.85. The number of sulfonamides is 1. The van der Waals surface area contributed by atoms with Crippen molar-refractivity contribution in [3.05, 3.63) is 12.3 Å². The molecule has 3 N–H and O–H groups in total. The van der Waals surface area contributed by atoms with E-state index in [4.69, 9.17) is 0 Å². The van der Waals surface area contributed by atoms with E-state index < -0.39 is 10.0 Å². The van der Waals surface area contributed by atoms with E-state index in [2.05, 4.69) is 34.1 Å². The molecule has 1 rings (SSSR count).